The maximum atomic E-state index is 12.2. The maximum absolute atomic E-state index is 12.2. The van der Waals surface area contributed by atoms with Crippen LogP contribution in [0.1, 0.15) is 82.1 Å². The quantitative estimate of drug-likeness (QED) is 0.244. The molecule has 0 saturated carbocycles. The minimum atomic E-state index is -0.943. The summed E-state index contributed by atoms with van der Waals surface area (Å²) in [7, 11) is 0. The summed E-state index contributed by atoms with van der Waals surface area (Å²) in [6.07, 6.45) is 18.8. The third-order valence-corrected chi connectivity index (χ3v) is 7.86. The molecule has 4 nitrogen and oxygen atoms in total. The minimum Gasteiger partial charge on any atom is -0.385 e. The van der Waals surface area contributed by atoms with Gasteiger partial charge < -0.3 is 10.2 Å². The van der Waals surface area contributed by atoms with Gasteiger partial charge in [0, 0.05) is 33.1 Å². The molecule has 0 aliphatic heterocycles. The molecule has 0 amide bonds. The maximum Gasteiger partial charge on any atom is 0.187 e. The molecule has 232 valence electrons. The minimum absolute atomic E-state index is 0.228. The summed E-state index contributed by atoms with van der Waals surface area (Å²) in [6, 6.07) is 0. The van der Waals surface area contributed by atoms with Crippen LogP contribution in [-0.4, -0.2) is 34.0 Å². The number of aliphatic hydroxyl groups is 2. The first-order valence-electron chi connectivity index (χ1n) is 15.1. The normalized spacial score (nSPS) is 23.5. The highest BCUT2D eigenvalue weighted by Crippen LogP contribution is 2.39. The number of allylic oxidation sites excluding steroid dienone is 16. The standard InChI is InChI=1S/C40H48O4/c1-27(17-13-19-29(3)21-23-33-31(5)37(43)35(41)25-39(33,7)8)15-11-12-16-28(2)18-14-20-30(4)22-24-34-32(6)38(44)36(42)26-40(34,9)10/h11-20,35-36,41-42H,25-26H2,1-10H3/b12-11+,17-13+,18-14?,27-15+,28-16?,29-19+,30-20?. The van der Waals surface area contributed by atoms with E-state index in [9.17, 15) is 19.8 Å². The zero-order valence-electron chi connectivity index (χ0n) is 28.1. The van der Waals surface area contributed by atoms with Gasteiger partial charge in [0.1, 0.15) is 12.2 Å². The Bertz CT molecular complexity index is 1450. The predicted octanol–water partition coefficient (Wildman–Crippen LogP) is 7.80. The first kappa shape index (κ1) is 36.2. The molecule has 2 N–H and O–H groups in total. The molecule has 0 spiro atoms. The van der Waals surface area contributed by atoms with Crippen LogP contribution in [0.15, 0.2) is 105 Å². The lowest BCUT2D eigenvalue weighted by Crippen LogP contribution is -2.35. The summed E-state index contributed by atoms with van der Waals surface area (Å²) in [6.45, 7) is 19.5. The smallest absolute Gasteiger partial charge is 0.187 e. The first-order valence-corrected chi connectivity index (χ1v) is 15.1. The number of rotatable bonds is 6. The summed E-state index contributed by atoms with van der Waals surface area (Å²) >= 11 is 0. The Labute approximate surface area is 265 Å². The molecule has 4 heteroatoms. The van der Waals surface area contributed by atoms with E-state index in [1.165, 1.54) is 0 Å². The molecular weight excluding hydrogens is 544 g/mol. The zero-order valence-corrected chi connectivity index (χ0v) is 28.1. The zero-order chi connectivity index (χ0) is 33.2. The van der Waals surface area contributed by atoms with Crippen molar-refractivity contribution >= 4 is 11.6 Å². The van der Waals surface area contributed by atoms with Gasteiger partial charge in [-0.2, -0.15) is 0 Å². The number of hydrogen-bond acceptors (Lipinski definition) is 4. The van der Waals surface area contributed by atoms with Gasteiger partial charge in [0.15, 0.2) is 11.6 Å². The van der Waals surface area contributed by atoms with Gasteiger partial charge >= 0.3 is 0 Å². The lowest BCUT2D eigenvalue weighted by Gasteiger charge is -2.33. The molecule has 2 unspecified atom stereocenters. The van der Waals surface area contributed by atoms with Crippen molar-refractivity contribution in [3.05, 3.63) is 105 Å². The first-order chi connectivity index (χ1) is 20.5. The number of carbonyl (C=O) groups excluding carboxylic acids is 2. The molecule has 2 rings (SSSR count). The monoisotopic (exact) mass is 592 g/mol. The molecule has 44 heavy (non-hydrogen) atoms. The Balaban J connectivity index is 1.98. The summed E-state index contributed by atoms with van der Waals surface area (Å²) in [5.41, 5.74) is 6.00. The van der Waals surface area contributed by atoms with E-state index in [0.717, 1.165) is 33.4 Å². The van der Waals surface area contributed by atoms with Crippen molar-refractivity contribution in [3.63, 3.8) is 0 Å². The van der Waals surface area contributed by atoms with Gasteiger partial charge in [-0.1, -0.05) is 123 Å². The van der Waals surface area contributed by atoms with Gasteiger partial charge in [-0.3, -0.25) is 9.59 Å². The predicted molar refractivity (Wildman–Crippen MR) is 182 cm³/mol. The van der Waals surface area contributed by atoms with Crippen LogP contribution in [0, 0.1) is 34.5 Å². The van der Waals surface area contributed by atoms with Gasteiger partial charge in [-0.05, 0) is 65.5 Å². The second-order valence-electron chi connectivity index (χ2n) is 13.1. The molecule has 0 saturated heterocycles. The third-order valence-electron chi connectivity index (χ3n) is 7.86. The van der Waals surface area contributed by atoms with Gasteiger partial charge in [-0.25, -0.2) is 0 Å². The van der Waals surface area contributed by atoms with Crippen LogP contribution in [-0.2, 0) is 9.59 Å². The van der Waals surface area contributed by atoms with E-state index >= 15 is 0 Å². The van der Waals surface area contributed by atoms with Crippen LogP contribution in [0.5, 0.6) is 0 Å². The molecule has 0 aromatic heterocycles. The molecule has 0 aromatic carbocycles. The molecule has 0 aromatic rings. The highest BCUT2D eigenvalue weighted by atomic mass is 16.3. The van der Waals surface area contributed by atoms with Crippen molar-refractivity contribution in [1.82, 2.24) is 0 Å². The third kappa shape index (κ3) is 10.3. The second-order valence-corrected chi connectivity index (χ2v) is 13.1. The van der Waals surface area contributed by atoms with E-state index in [2.05, 4.69) is 23.7 Å². The number of hydrogen-bond donors (Lipinski definition) is 2. The van der Waals surface area contributed by atoms with Crippen LogP contribution < -0.4 is 0 Å². The average molecular weight is 593 g/mol. The SMILES string of the molecule is CC(C#CC1=C(C)C(=O)C(O)CC1(C)C)=CC=CC(C)=C/C=C/C=C(C)/C=C/C=C(\C)C#CC1=C(C)C(=O)C(O)CC1(C)C. The summed E-state index contributed by atoms with van der Waals surface area (Å²) in [4.78, 5) is 24.4. The highest BCUT2D eigenvalue weighted by Gasteiger charge is 2.38. The van der Waals surface area contributed by atoms with Crippen molar-refractivity contribution in [2.75, 3.05) is 0 Å². The lowest BCUT2D eigenvalue weighted by atomic mass is 9.71. The van der Waals surface area contributed by atoms with Gasteiger partial charge in [0.2, 0.25) is 0 Å². The van der Waals surface area contributed by atoms with Crippen molar-refractivity contribution < 1.29 is 19.8 Å². The van der Waals surface area contributed by atoms with Crippen LogP contribution in [0.3, 0.4) is 0 Å². The molecule has 0 fully saturated rings. The largest absolute Gasteiger partial charge is 0.385 e. The Morgan fingerprint density at radius 2 is 0.977 bits per heavy atom. The number of carbonyl (C=O) groups is 2. The second kappa shape index (κ2) is 15.7. The van der Waals surface area contributed by atoms with E-state index < -0.39 is 12.2 Å². The van der Waals surface area contributed by atoms with Crippen LogP contribution in [0.4, 0.5) is 0 Å². The van der Waals surface area contributed by atoms with E-state index in [1.54, 1.807) is 13.8 Å². The fraction of sp³-hybridized carbons (Fsp3) is 0.400. The van der Waals surface area contributed by atoms with Crippen molar-refractivity contribution in [2.45, 2.75) is 94.3 Å². The van der Waals surface area contributed by atoms with Crippen LogP contribution in [0.25, 0.3) is 0 Å². The Kier molecular flexibility index (Phi) is 12.9. The summed E-state index contributed by atoms with van der Waals surface area (Å²) in [5, 5.41) is 20.0. The van der Waals surface area contributed by atoms with Crippen molar-refractivity contribution in [2.24, 2.45) is 10.8 Å². The number of ketones is 2. The summed E-state index contributed by atoms with van der Waals surface area (Å²) < 4.78 is 0. The summed E-state index contributed by atoms with van der Waals surface area (Å²) in [5.74, 6) is 12.2. The molecule has 0 bridgehead atoms. The van der Waals surface area contributed by atoms with E-state index in [4.69, 9.17) is 0 Å². The lowest BCUT2D eigenvalue weighted by molar-refractivity contribution is -0.126. The highest BCUT2D eigenvalue weighted by molar-refractivity contribution is 6.01. The Hall–Kier alpha value is -3.96. The van der Waals surface area contributed by atoms with E-state index in [-0.39, 0.29) is 22.4 Å². The van der Waals surface area contributed by atoms with Gasteiger partial charge in [-0.15, -0.1) is 0 Å². The van der Waals surface area contributed by atoms with Crippen LogP contribution in [0.2, 0.25) is 0 Å². The van der Waals surface area contributed by atoms with E-state index in [0.29, 0.717) is 24.0 Å². The number of aliphatic hydroxyl groups excluding tert-OH is 2. The molecule has 2 atom stereocenters. The molecule has 2 aliphatic rings. The van der Waals surface area contributed by atoms with Gasteiger partial charge in [0.05, 0.1) is 0 Å². The number of Topliss-reactive ketones (excluding diaryl/α,β-unsaturated/α-hetero) is 2. The fourth-order valence-corrected chi connectivity index (χ4v) is 5.26. The fourth-order valence-electron chi connectivity index (χ4n) is 5.26. The molecule has 0 radical (unpaired) electrons. The average Bonchev–Trinajstić information content (AvgIpc) is 2.92. The molecular formula is C40H48O4. The topological polar surface area (TPSA) is 74.6 Å². The van der Waals surface area contributed by atoms with Gasteiger partial charge in [0.25, 0.3) is 0 Å². The van der Waals surface area contributed by atoms with Crippen molar-refractivity contribution in [1.29, 1.82) is 0 Å². The molecule has 0 heterocycles. The van der Waals surface area contributed by atoms with Crippen molar-refractivity contribution in [3.8, 4) is 23.7 Å². The Morgan fingerprint density at radius 1 is 0.636 bits per heavy atom. The molecule has 2 aliphatic carbocycles. The van der Waals surface area contributed by atoms with Crippen LogP contribution >= 0.6 is 0 Å². The Morgan fingerprint density at radius 3 is 1.32 bits per heavy atom. The van der Waals surface area contributed by atoms with E-state index in [1.807, 2.05) is 116 Å².